The summed E-state index contributed by atoms with van der Waals surface area (Å²) in [4.78, 5) is 14.7. The van der Waals surface area contributed by atoms with Gasteiger partial charge < -0.3 is 10.2 Å². The number of nitrogens with one attached hydrogen (secondary N) is 1. The number of hydrogen-bond donors (Lipinski definition) is 1. The second-order valence-electron chi connectivity index (χ2n) is 7.54. The van der Waals surface area contributed by atoms with Gasteiger partial charge in [-0.1, -0.05) is 20.8 Å². The second-order valence-corrected chi connectivity index (χ2v) is 7.54. The Kier molecular flexibility index (Phi) is 6.33. The Hall–Kier alpha value is -0.280. The maximum absolute atomic E-state index is 12.6. The molecule has 1 amide bonds. The van der Waals surface area contributed by atoms with Crippen LogP contribution < -0.4 is 5.32 Å². The second kappa shape index (κ2) is 7.13. The fourth-order valence-corrected chi connectivity index (χ4v) is 3.58. The van der Waals surface area contributed by atoms with Crippen LogP contribution in [0.1, 0.15) is 53.4 Å². The van der Waals surface area contributed by atoms with Crippen LogP contribution in [0, 0.1) is 17.3 Å². The number of piperidine rings is 2. The lowest BCUT2D eigenvalue weighted by atomic mass is 9.75. The standard InChI is InChI=1S/C16H30N2O.ClH/c1-12-11-13(5-8-17-12)15(19)18-9-6-14(7-10-18)16(2,3)4;/h12-14,17H,5-11H2,1-4H3;1H/t12-,13-;/m0./s1. The molecular formula is C16H31ClN2O. The van der Waals surface area contributed by atoms with E-state index in [0.717, 1.165) is 38.4 Å². The van der Waals surface area contributed by atoms with Crippen LogP contribution in [0.5, 0.6) is 0 Å². The average Bonchev–Trinajstić information content (AvgIpc) is 2.37. The van der Waals surface area contributed by atoms with Crippen LogP contribution in [0.4, 0.5) is 0 Å². The van der Waals surface area contributed by atoms with Crippen molar-refractivity contribution in [1.82, 2.24) is 10.2 Å². The third kappa shape index (κ3) is 4.36. The van der Waals surface area contributed by atoms with Crippen molar-refractivity contribution in [1.29, 1.82) is 0 Å². The summed E-state index contributed by atoms with van der Waals surface area (Å²) < 4.78 is 0. The maximum atomic E-state index is 12.6. The topological polar surface area (TPSA) is 32.3 Å². The highest BCUT2D eigenvalue weighted by atomic mass is 35.5. The molecule has 2 rings (SSSR count). The highest BCUT2D eigenvalue weighted by molar-refractivity contribution is 5.85. The number of carbonyl (C=O) groups excluding carboxylic acids is 1. The molecule has 2 aliphatic heterocycles. The SMILES string of the molecule is C[C@H]1C[C@@H](C(=O)N2CCC(C(C)(C)C)CC2)CCN1.Cl. The van der Waals surface area contributed by atoms with E-state index in [1.54, 1.807) is 0 Å². The van der Waals surface area contributed by atoms with E-state index in [0.29, 0.717) is 17.4 Å². The first kappa shape index (κ1) is 17.8. The van der Waals surface area contributed by atoms with Crippen molar-refractivity contribution in [2.75, 3.05) is 19.6 Å². The van der Waals surface area contributed by atoms with E-state index >= 15 is 0 Å². The van der Waals surface area contributed by atoms with Crippen molar-refractivity contribution in [3.05, 3.63) is 0 Å². The van der Waals surface area contributed by atoms with E-state index in [9.17, 15) is 4.79 Å². The van der Waals surface area contributed by atoms with Crippen LogP contribution in [0.2, 0.25) is 0 Å². The molecule has 2 fully saturated rings. The van der Waals surface area contributed by atoms with Gasteiger partial charge in [0, 0.05) is 25.0 Å². The molecule has 1 N–H and O–H groups in total. The quantitative estimate of drug-likeness (QED) is 0.807. The Bertz CT molecular complexity index is 319. The Morgan fingerprint density at radius 3 is 2.25 bits per heavy atom. The first-order valence-corrected chi connectivity index (χ1v) is 7.90. The predicted molar refractivity (Wildman–Crippen MR) is 86.2 cm³/mol. The molecule has 4 heteroatoms. The minimum atomic E-state index is 0. The highest BCUT2D eigenvalue weighted by Gasteiger charge is 2.33. The molecule has 0 aromatic rings. The van der Waals surface area contributed by atoms with Gasteiger partial charge in [-0.15, -0.1) is 12.4 Å². The summed E-state index contributed by atoms with van der Waals surface area (Å²) in [7, 11) is 0. The minimum absolute atomic E-state index is 0. The van der Waals surface area contributed by atoms with Gasteiger partial charge in [0.2, 0.25) is 5.91 Å². The lowest BCUT2D eigenvalue weighted by molar-refractivity contribution is -0.138. The third-order valence-corrected chi connectivity index (χ3v) is 5.00. The molecule has 0 bridgehead atoms. The van der Waals surface area contributed by atoms with Crippen molar-refractivity contribution in [3.63, 3.8) is 0 Å². The number of hydrogen-bond acceptors (Lipinski definition) is 2. The molecule has 0 aliphatic carbocycles. The lowest BCUT2D eigenvalue weighted by Crippen LogP contribution is -2.47. The molecule has 118 valence electrons. The molecular weight excluding hydrogens is 272 g/mol. The zero-order valence-electron chi connectivity index (χ0n) is 13.4. The van der Waals surface area contributed by atoms with Crippen molar-refractivity contribution < 1.29 is 4.79 Å². The summed E-state index contributed by atoms with van der Waals surface area (Å²) in [5.74, 6) is 1.45. The summed E-state index contributed by atoms with van der Waals surface area (Å²) >= 11 is 0. The zero-order valence-corrected chi connectivity index (χ0v) is 14.3. The molecule has 0 aromatic carbocycles. The molecule has 3 nitrogen and oxygen atoms in total. The van der Waals surface area contributed by atoms with Gasteiger partial charge in [-0.2, -0.15) is 0 Å². The van der Waals surface area contributed by atoms with E-state index < -0.39 is 0 Å². The van der Waals surface area contributed by atoms with E-state index in [1.807, 2.05) is 0 Å². The summed E-state index contributed by atoms with van der Waals surface area (Å²) in [5, 5.41) is 3.43. The smallest absolute Gasteiger partial charge is 0.225 e. The summed E-state index contributed by atoms with van der Waals surface area (Å²) in [6.07, 6.45) is 4.38. The lowest BCUT2D eigenvalue weighted by Gasteiger charge is -2.40. The van der Waals surface area contributed by atoms with E-state index in [-0.39, 0.29) is 18.3 Å². The monoisotopic (exact) mass is 302 g/mol. The van der Waals surface area contributed by atoms with Gasteiger partial charge in [-0.25, -0.2) is 0 Å². The molecule has 0 spiro atoms. The normalized spacial score (nSPS) is 28.9. The fraction of sp³-hybridized carbons (Fsp3) is 0.938. The molecule has 0 saturated carbocycles. The number of rotatable bonds is 1. The van der Waals surface area contributed by atoms with Gasteiger partial charge in [0.25, 0.3) is 0 Å². The first-order valence-electron chi connectivity index (χ1n) is 7.90. The van der Waals surface area contributed by atoms with Gasteiger partial charge in [0.15, 0.2) is 0 Å². The first-order chi connectivity index (χ1) is 8.88. The molecule has 20 heavy (non-hydrogen) atoms. The minimum Gasteiger partial charge on any atom is -0.342 e. The van der Waals surface area contributed by atoms with E-state index in [2.05, 4.69) is 37.9 Å². The van der Waals surface area contributed by atoms with Gasteiger partial charge in [0.1, 0.15) is 0 Å². The van der Waals surface area contributed by atoms with Crippen LogP contribution in [-0.2, 0) is 4.79 Å². The van der Waals surface area contributed by atoms with E-state index in [4.69, 9.17) is 0 Å². The molecule has 0 unspecified atom stereocenters. The van der Waals surface area contributed by atoms with Gasteiger partial charge in [0.05, 0.1) is 0 Å². The molecule has 0 aromatic heterocycles. The van der Waals surface area contributed by atoms with Crippen molar-refractivity contribution in [2.45, 2.75) is 59.4 Å². The van der Waals surface area contributed by atoms with Crippen molar-refractivity contribution >= 4 is 18.3 Å². The van der Waals surface area contributed by atoms with Crippen molar-refractivity contribution in [2.24, 2.45) is 17.3 Å². The molecule has 2 saturated heterocycles. The zero-order chi connectivity index (χ0) is 14.0. The number of nitrogens with zero attached hydrogens (tertiary/aromatic N) is 1. The summed E-state index contributed by atoms with van der Waals surface area (Å²) in [6, 6.07) is 0.495. The third-order valence-electron chi connectivity index (χ3n) is 5.00. The predicted octanol–water partition coefficient (Wildman–Crippen LogP) is 3.08. The number of likely N-dealkylation sites (tertiary alicyclic amines) is 1. The Balaban J connectivity index is 0.00000200. The molecule has 2 aliphatic rings. The van der Waals surface area contributed by atoms with Crippen molar-refractivity contribution in [3.8, 4) is 0 Å². The molecule has 0 radical (unpaired) electrons. The van der Waals surface area contributed by atoms with Gasteiger partial charge in [-0.05, 0) is 50.5 Å². The van der Waals surface area contributed by atoms with E-state index in [1.165, 1.54) is 12.8 Å². The van der Waals surface area contributed by atoms with Crippen LogP contribution in [0.15, 0.2) is 0 Å². The maximum Gasteiger partial charge on any atom is 0.225 e. The number of carbonyl (C=O) groups is 1. The average molecular weight is 303 g/mol. The Morgan fingerprint density at radius 1 is 1.15 bits per heavy atom. The Labute approximate surface area is 130 Å². The van der Waals surface area contributed by atoms with Gasteiger partial charge in [-0.3, -0.25) is 4.79 Å². The summed E-state index contributed by atoms with van der Waals surface area (Å²) in [5.41, 5.74) is 0.387. The molecule has 2 heterocycles. The van der Waals surface area contributed by atoms with Gasteiger partial charge >= 0.3 is 0 Å². The fourth-order valence-electron chi connectivity index (χ4n) is 3.58. The van der Waals surface area contributed by atoms with Crippen LogP contribution in [0.3, 0.4) is 0 Å². The highest BCUT2D eigenvalue weighted by Crippen LogP contribution is 2.35. The number of halogens is 1. The van der Waals surface area contributed by atoms with Crippen LogP contribution >= 0.6 is 12.4 Å². The number of amides is 1. The Morgan fingerprint density at radius 2 is 1.75 bits per heavy atom. The van der Waals surface area contributed by atoms with Crippen LogP contribution in [0.25, 0.3) is 0 Å². The molecule has 2 atom stereocenters. The summed E-state index contributed by atoms with van der Waals surface area (Å²) in [6.45, 7) is 12.1. The van der Waals surface area contributed by atoms with Crippen LogP contribution in [-0.4, -0.2) is 36.5 Å². The largest absolute Gasteiger partial charge is 0.342 e.